The van der Waals surface area contributed by atoms with Crippen molar-refractivity contribution >= 4 is 17.9 Å². The van der Waals surface area contributed by atoms with Crippen molar-refractivity contribution in [1.82, 2.24) is 0 Å². The first-order valence-electron chi connectivity index (χ1n) is 17.2. The van der Waals surface area contributed by atoms with Crippen molar-refractivity contribution in [3.8, 4) is 0 Å². The number of aliphatic carboxylic acids is 1. The molecule has 0 radical (unpaired) electrons. The van der Waals surface area contributed by atoms with Gasteiger partial charge in [-0.15, -0.1) is 0 Å². The fourth-order valence-electron chi connectivity index (χ4n) is 4.56. The molecule has 8 nitrogen and oxygen atoms in total. The molecule has 0 bridgehead atoms. The van der Waals surface area contributed by atoms with Gasteiger partial charge in [-0.25, -0.2) is 0 Å². The highest BCUT2D eigenvalue weighted by Gasteiger charge is 2.25. The summed E-state index contributed by atoms with van der Waals surface area (Å²) in [6.45, 7) is 4.38. The van der Waals surface area contributed by atoms with Crippen LogP contribution < -0.4 is 5.11 Å². The summed E-state index contributed by atoms with van der Waals surface area (Å²) in [5.74, 6) is -1.84. The second-order valence-electron chi connectivity index (χ2n) is 12.4. The molecule has 0 aromatic carbocycles. The Morgan fingerprint density at radius 3 is 1.98 bits per heavy atom. The minimum atomic E-state index is -1.14. The zero-order valence-electron chi connectivity index (χ0n) is 29.0. The van der Waals surface area contributed by atoms with E-state index in [0.29, 0.717) is 12.8 Å². The van der Waals surface area contributed by atoms with Gasteiger partial charge in [0.1, 0.15) is 12.6 Å². The number of hydrogen-bond acceptors (Lipinski definition) is 7. The fraction of sp³-hybridized carbons (Fsp3) is 0.703. The molecule has 0 fully saturated rings. The Morgan fingerprint density at radius 1 is 0.689 bits per heavy atom. The Labute approximate surface area is 274 Å². The molecule has 0 aliphatic carbocycles. The molecule has 0 amide bonds. The van der Waals surface area contributed by atoms with Gasteiger partial charge in [-0.3, -0.25) is 9.59 Å². The number of ether oxygens (including phenoxy) is 3. The Balaban J connectivity index is 4.52. The molecule has 0 rings (SSSR count). The largest absolute Gasteiger partial charge is 0.544 e. The molecule has 0 saturated carbocycles. The smallest absolute Gasteiger partial charge is 0.306 e. The summed E-state index contributed by atoms with van der Waals surface area (Å²) in [6.07, 6.45) is 30.2. The molecule has 0 heterocycles. The summed E-state index contributed by atoms with van der Waals surface area (Å²) in [4.78, 5) is 36.4. The number of nitrogens with zero attached hydrogens (tertiary/aromatic N) is 1. The first-order chi connectivity index (χ1) is 21.6. The molecule has 2 unspecified atom stereocenters. The lowest BCUT2D eigenvalue weighted by atomic mass is 10.1. The summed E-state index contributed by atoms with van der Waals surface area (Å²) >= 11 is 0. The first kappa shape index (κ1) is 42.3. The predicted molar refractivity (Wildman–Crippen MR) is 180 cm³/mol. The SMILES string of the molecule is CC/C=C/C=C/C=C/CCCCCCCC(=O)OCC(COCCC(C(=O)[O-])[N+](C)(C)C)OC(=O)CC/C=C/CCCCCC. The average molecular weight is 634 g/mol. The normalized spacial score (nSPS) is 13.7. The van der Waals surface area contributed by atoms with Gasteiger partial charge >= 0.3 is 11.9 Å². The van der Waals surface area contributed by atoms with E-state index in [1.807, 2.05) is 18.2 Å². The third-order valence-corrected chi connectivity index (χ3v) is 7.27. The molecule has 8 heteroatoms. The van der Waals surface area contributed by atoms with E-state index in [0.717, 1.165) is 57.8 Å². The molecular weight excluding hydrogens is 570 g/mol. The van der Waals surface area contributed by atoms with E-state index in [1.165, 1.54) is 19.3 Å². The molecule has 45 heavy (non-hydrogen) atoms. The van der Waals surface area contributed by atoms with Gasteiger partial charge in [0, 0.05) is 19.3 Å². The second-order valence-corrected chi connectivity index (χ2v) is 12.4. The van der Waals surface area contributed by atoms with E-state index >= 15 is 0 Å². The summed E-state index contributed by atoms with van der Waals surface area (Å²) in [7, 11) is 5.36. The van der Waals surface area contributed by atoms with Gasteiger partial charge in [0.05, 0.1) is 40.3 Å². The fourth-order valence-corrected chi connectivity index (χ4v) is 4.56. The number of likely N-dealkylation sites (N-methyl/N-ethyl adjacent to an activating group) is 1. The van der Waals surface area contributed by atoms with Gasteiger partial charge in [0.15, 0.2) is 6.10 Å². The molecule has 0 aliphatic heterocycles. The molecule has 0 aromatic rings. The highest BCUT2D eigenvalue weighted by atomic mass is 16.6. The Bertz CT molecular complexity index is 886. The van der Waals surface area contributed by atoms with Crippen molar-refractivity contribution in [2.75, 3.05) is 41.0 Å². The van der Waals surface area contributed by atoms with Crippen LogP contribution >= 0.6 is 0 Å². The lowest BCUT2D eigenvalue weighted by Gasteiger charge is -2.34. The molecule has 2 atom stereocenters. The first-order valence-corrected chi connectivity index (χ1v) is 17.2. The average Bonchev–Trinajstić information content (AvgIpc) is 2.98. The Kier molecular flexibility index (Phi) is 27.0. The van der Waals surface area contributed by atoms with Crippen LogP contribution in [0.15, 0.2) is 48.6 Å². The highest BCUT2D eigenvalue weighted by Crippen LogP contribution is 2.11. The topological polar surface area (TPSA) is 102 Å². The van der Waals surface area contributed by atoms with Crippen molar-refractivity contribution in [2.45, 2.75) is 129 Å². The number of allylic oxidation sites excluding steroid dienone is 8. The minimum absolute atomic E-state index is 0.0167. The third kappa shape index (κ3) is 27.3. The number of unbranched alkanes of at least 4 members (excludes halogenated alkanes) is 9. The monoisotopic (exact) mass is 633 g/mol. The predicted octanol–water partition coefficient (Wildman–Crippen LogP) is 6.79. The van der Waals surface area contributed by atoms with Gasteiger partial charge in [0.25, 0.3) is 0 Å². The second kappa shape index (κ2) is 28.7. The number of carboxylic acid groups (broad SMARTS) is 1. The summed E-state index contributed by atoms with van der Waals surface area (Å²) < 4.78 is 16.9. The van der Waals surface area contributed by atoms with Crippen molar-refractivity contribution in [3.63, 3.8) is 0 Å². The molecule has 258 valence electrons. The van der Waals surface area contributed by atoms with Crippen molar-refractivity contribution in [3.05, 3.63) is 48.6 Å². The summed E-state index contributed by atoms with van der Waals surface area (Å²) in [5, 5.41) is 11.5. The number of carboxylic acids is 1. The molecule has 0 aromatic heterocycles. The van der Waals surface area contributed by atoms with E-state index in [9.17, 15) is 19.5 Å². The van der Waals surface area contributed by atoms with Crippen molar-refractivity contribution < 1.29 is 38.2 Å². The van der Waals surface area contributed by atoms with Gasteiger partial charge < -0.3 is 28.6 Å². The minimum Gasteiger partial charge on any atom is -0.544 e. The number of carbonyl (C=O) groups is 3. The van der Waals surface area contributed by atoms with Crippen LogP contribution in [-0.2, 0) is 28.6 Å². The van der Waals surface area contributed by atoms with Gasteiger partial charge in [-0.1, -0.05) is 101 Å². The third-order valence-electron chi connectivity index (χ3n) is 7.27. The number of carbonyl (C=O) groups excluding carboxylic acids is 3. The molecule has 0 saturated heterocycles. The number of quaternary nitrogens is 1. The number of hydrogen-bond donors (Lipinski definition) is 0. The van der Waals surface area contributed by atoms with Crippen molar-refractivity contribution in [2.24, 2.45) is 0 Å². The van der Waals surface area contributed by atoms with Crippen LogP contribution in [0.1, 0.15) is 117 Å². The Morgan fingerprint density at radius 2 is 1.31 bits per heavy atom. The quantitative estimate of drug-likeness (QED) is 0.0294. The van der Waals surface area contributed by atoms with Crippen molar-refractivity contribution in [1.29, 1.82) is 0 Å². The van der Waals surface area contributed by atoms with E-state index in [2.05, 4.69) is 44.2 Å². The van der Waals surface area contributed by atoms with Crippen LogP contribution in [0.3, 0.4) is 0 Å². The van der Waals surface area contributed by atoms with Crippen LogP contribution in [0.2, 0.25) is 0 Å². The van der Waals surface area contributed by atoms with E-state index in [-0.39, 0.29) is 49.1 Å². The molecule has 0 aliphatic rings. The van der Waals surface area contributed by atoms with E-state index in [4.69, 9.17) is 14.2 Å². The highest BCUT2D eigenvalue weighted by molar-refractivity contribution is 5.70. The van der Waals surface area contributed by atoms with Crippen LogP contribution in [0, 0.1) is 0 Å². The summed E-state index contributed by atoms with van der Waals surface area (Å²) in [5.41, 5.74) is 0. The van der Waals surface area contributed by atoms with Gasteiger partial charge in [-0.2, -0.15) is 0 Å². The lowest BCUT2D eigenvalue weighted by Crippen LogP contribution is -2.55. The lowest BCUT2D eigenvalue weighted by molar-refractivity contribution is -0.889. The Hall–Kier alpha value is -2.71. The maximum Gasteiger partial charge on any atom is 0.306 e. The van der Waals surface area contributed by atoms with E-state index in [1.54, 1.807) is 21.1 Å². The maximum absolute atomic E-state index is 12.5. The summed E-state index contributed by atoms with van der Waals surface area (Å²) in [6, 6.07) is -0.732. The molecule has 0 spiro atoms. The zero-order chi connectivity index (χ0) is 33.6. The van der Waals surface area contributed by atoms with Crippen LogP contribution in [0.5, 0.6) is 0 Å². The van der Waals surface area contributed by atoms with E-state index < -0.39 is 18.1 Å². The number of esters is 2. The standard InChI is InChI=1S/C37H63NO7/c1-6-8-10-12-14-16-17-18-19-20-22-23-25-27-35(39)44-32-33(31-43-30-29-34(37(41)42)38(3,4)5)45-36(40)28-26-24-21-15-13-11-9-7-2/h8,10,12,14,16-17,21,24,33-34H,6-7,9,11,13,15,18-20,22-23,25-32H2,1-5H3/b10-8+,14-12+,17-16+,24-21+. The molecule has 0 N–H and O–H groups in total. The van der Waals surface area contributed by atoms with Crippen LogP contribution in [-0.4, -0.2) is 75.5 Å². The van der Waals surface area contributed by atoms with Gasteiger partial charge in [-0.05, 0) is 44.9 Å². The number of rotatable bonds is 29. The maximum atomic E-state index is 12.5. The zero-order valence-corrected chi connectivity index (χ0v) is 29.0. The van der Waals surface area contributed by atoms with Crippen LogP contribution in [0.4, 0.5) is 0 Å². The van der Waals surface area contributed by atoms with Gasteiger partial charge in [0.2, 0.25) is 0 Å². The molecular formula is C37H63NO7. The van der Waals surface area contributed by atoms with Crippen LogP contribution in [0.25, 0.3) is 0 Å².